The summed E-state index contributed by atoms with van der Waals surface area (Å²) in [5, 5.41) is 15.8. The molecule has 0 spiro atoms. The number of oxime groups is 1. The fraction of sp³-hybridized carbons (Fsp3) is 0.476. The van der Waals surface area contributed by atoms with Crippen LogP contribution < -0.4 is 11.1 Å². The molecule has 0 aromatic carbocycles. The second-order valence-corrected chi connectivity index (χ2v) is 11.6. The predicted octanol–water partition coefficient (Wildman–Crippen LogP) is 0.595. The van der Waals surface area contributed by atoms with Crippen molar-refractivity contribution >= 4 is 75.4 Å². The fourth-order valence-electron chi connectivity index (χ4n) is 3.12. The summed E-state index contributed by atoms with van der Waals surface area (Å²) >= 11 is 3.61. The van der Waals surface area contributed by atoms with Crippen molar-refractivity contribution in [3.05, 3.63) is 21.7 Å². The molecule has 2 aliphatic rings. The summed E-state index contributed by atoms with van der Waals surface area (Å²) in [5.41, 5.74) is 4.52. The highest BCUT2D eigenvalue weighted by Crippen LogP contribution is 2.43. The second kappa shape index (κ2) is 12.0. The number of carboxylic acid groups (broad SMARTS) is 1. The molecule has 2 atom stereocenters. The predicted molar refractivity (Wildman–Crippen MR) is 139 cm³/mol. The number of carbonyl (C=O) groups is 5. The number of nitrogens with one attached hydrogen (secondary N) is 1. The quantitative estimate of drug-likeness (QED) is 0.113. The Kier molecular flexibility index (Phi) is 9.26. The molecule has 38 heavy (non-hydrogen) atoms. The number of ether oxygens (including phenoxy) is 2. The van der Waals surface area contributed by atoms with E-state index in [0.717, 1.165) is 11.3 Å². The van der Waals surface area contributed by atoms with Gasteiger partial charge in [0, 0.05) is 16.0 Å². The van der Waals surface area contributed by atoms with Crippen molar-refractivity contribution in [3.63, 3.8) is 0 Å². The lowest BCUT2D eigenvalue weighted by Crippen LogP contribution is -2.71. The molecule has 0 saturated carbocycles. The third-order valence-corrected chi connectivity index (χ3v) is 7.94. The molecule has 2 amide bonds. The molecule has 0 aliphatic carbocycles. The lowest BCUT2D eigenvalue weighted by Gasteiger charge is -2.49. The smallest absolute Gasteiger partial charge is 0.358 e. The van der Waals surface area contributed by atoms with Crippen LogP contribution in [0.4, 0.5) is 5.13 Å². The molecular formula is C21H25N5O9S3. The topological polar surface area (TPSA) is 200 Å². The number of hydrogen-bond acceptors (Lipinski definition) is 14. The van der Waals surface area contributed by atoms with Gasteiger partial charge < -0.3 is 30.5 Å². The third-order valence-electron chi connectivity index (χ3n) is 4.98. The van der Waals surface area contributed by atoms with Gasteiger partial charge in [0.2, 0.25) is 13.4 Å². The summed E-state index contributed by atoms with van der Waals surface area (Å²) in [4.78, 5) is 72.1. The molecule has 1 saturated heterocycles. The Morgan fingerprint density at radius 3 is 2.61 bits per heavy atom. The molecule has 3 heterocycles. The van der Waals surface area contributed by atoms with E-state index < -0.39 is 60.0 Å². The zero-order valence-corrected chi connectivity index (χ0v) is 23.2. The zero-order chi connectivity index (χ0) is 28.2. The number of β-lactam (4-membered cyclic amide) rings is 1. The van der Waals surface area contributed by atoms with E-state index in [-0.39, 0.29) is 22.2 Å². The van der Waals surface area contributed by atoms with Gasteiger partial charge in [-0.3, -0.25) is 19.3 Å². The number of thiazole rings is 1. The third kappa shape index (κ3) is 6.57. The standard InChI is InChI=1S/C21H25N5O9S3/c1-21(2,3)19(32)34-8-33-18(31)14-10(36-4)7-37-17-13(16(30)26(14)17)24-15(29)12(25-35-5-11(27)28)9-6-38-20(22)23-9/h6,13,17H,5,7-8H2,1-4H3,(H2,22,23)(H,24,29)(H,27,28)/b25-12+/t13?,17-/m1/s1. The number of nitrogens with zero attached hydrogens (tertiary/aromatic N) is 3. The van der Waals surface area contributed by atoms with Crippen molar-refractivity contribution in [3.8, 4) is 0 Å². The van der Waals surface area contributed by atoms with Gasteiger partial charge in [-0.25, -0.2) is 14.6 Å². The summed E-state index contributed by atoms with van der Waals surface area (Å²) in [5.74, 6) is -3.78. The van der Waals surface area contributed by atoms with E-state index in [2.05, 4.69) is 15.5 Å². The number of carbonyl (C=O) groups excluding carboxylic acids is 4. The van der Waals surface area contributed by atoms with E-state index in [1.807, 2.05) is 0 Å². The Balaban J connectivity index is 1.72. The van der Waals surface area contributed by atoms with E-state index >= 15 is 0 Å². The number of esters is 2. The molecule has 1 aromatic rings. The van der Waals surface area contributed by atoms with E-state index in [0.29, 0.717) is 10.7 Å². The number of aromatic nitrogens is 1. The van der Waals surface area contributed by atoms with Crippen molar-refractivity contribution in [2.24, 2.45) is 10.6 Å². The van der Waals surface area contributed by atoms with Gasteiger partial charge in [0.1, 0.15) is 22.8 Å². The molecule has 206 valence electrons. The molecule has 1 unspecified atom stereocenters. The number of carboxylic acids is 1. The molecule has 0 radical (unpaired) electrons. The first-order chi connectivity index (χ1) is 17.8. The summed E-state index contributed by atoms with van der Waals surface area (Å²) < 4.78 is 10.1. The molecule has 14 nitrogen and oxygen atoms in total. The summed E-state index contributed by atoms with van der Waals surface area (Å²) in [6.45, 7) is 3.54. The van der Waals surface area contributed by atoms with Crippen LogP contribution in [-0.4, -0.2) is 87.2 Å². The molecule has 0 bridgehead atoms. The number of amides is 2. The Labute approximate surface area is 229 Å². The highest BCUT2D eigenvalue weighted by molar-refractivity contribution is 8.05. The van der Waals surface area contributed by atoms with Crippen molar-refractivity contribution in [1.29, 1.82) is 0 Å². The largest absolute Gasteiger partial charge is 0.479 e. The first-order valence-electron chi connectivity index (χ1n) is 10.8. The van der Waals surface area contributed by atoms with Gasteiger partial charge in [-0.2, -0.15) is 0 Å². The van der Waals surface area contributed by atoms with Crippen LogP contribution in [-0.2, 0) is 38.3 Å². The van der Waals surface area contributed by atoms with Crippen LogP contribution in [0.5, 0.6) is 0 Å². The number of nitrogens with two attached hydrogens (primary N) is 1. The zero-order valence-electron chi connectivity index (χ0n) is 20.7. The first kappa shape index (κ1) is 29.2. The highest BCUT2D eigenvalue weighted by Gasteiger charge is 2.54. The minimum Gasteiger partial charge on any atom is -0.479 e. The molecule has 17 heteroatoms. The van der Waals surface area contributed by atoms with Gasteiger partial charge in [-0.1, -0.05) is 5.16 Å². The molecule has 2 aliphatic heterocycles. The maximum atomic E-state index is 13.1. The van der Waals surface area contributed by atoms with Gasteiger partial charge in [-0.05, 0) is 27.0 Å². The van der Waals surface area contributed by atoms with E-state index in [1.54, 1.807) is 27.0 Å². The highest BCUT2D eigenvalue weighted by atomic mass is 32.2. The van der Waals surface area contributed by atoms with Crippen LogP contribution in [0.25, 0.3) is 0 Å². The number of thioether (sulfide) groups is 2. The Bertz CT molecular complexity index is 1210. The first-order valence-corrected chi connectivity index (χ1v) is 14.0. The van der Waals surface area contributed by atoms with Gasteiger partial charge in [0.15, 0.2) is 10.8 Å². The normalized spacial score (nSPS) is 19.3. The Hall–Kier alpha value is -3.31. The lowest BCUT2D eigenvalue weighted by molar-refractivity contribution is -0.173. The average molecular weight is 588 g/mol. The average Bonchev–Trinajstić information content (AvgIpc) is 3.28. The number of anilines is 1. The molecular weight excluding hydrogens is 562 g/mol. The molecule has 1 fully saturated rings. The minimum atomic E-state index is -1.31. The van der Waals surface area contributed by atoms with Gasteiger partial charge in [0.05, 0.1) is 5.41 Å². The Morgan fingerprint density at radius 2 is 2.03 bits per heavy atom. The van der Waals surface area contributed by atoms with Gasteiger partial charge in [0.25, 0.3) is 11.8 Å². The summed E-state index contributed by atoms with van der Waals surface area (Å²) in [6.07, 6.45) is 1.74. The number of hydrogen-bond donors (Lipinski definition) is 3. The number of nitrogen functional groups attached to an aromatic ring is 1. The number of fused-ring (bicyclic) bond motifs is 1. The van der Waals surface area contributed by atoms with Crippen LogP contribution >= 0.6 is 34.9 Å². The van der Waals surface area contributed by atoms with Crippen molar-refractivity contribution < 1.29 is 43.4 Å². The summed E-state index contributed by atoms with van der Waals surface area (Å²) in [7, 11) is 0. The van der Waals surface area contributed by atoms with E-state index in [4.69, 9.17) is 25.2 Å². The SMILES string of the molecule is CSC1=C(C(=O)OCOC(=O)C(C)(C)C)N2C(=O)C(NC(=O)/C(=N/OCC(=O)O)c3csc(N)n3)[C@H]2SC1. The van der Waals surface area contributed by atoms with Crippen molar-refractivity contribution in [2.45, 2.75) is 32.2 Å². The van der Waals surface area contributed by atoms with Gasteiger partial charge in [-0.15, -0.1) is 34.9 Å². The van der Waals surface area contributed by atoms with Crippen molar-refractivity contribution in [1.82, 2.24) is 15.2 Å². The van der Waals surface area contributed by atoms with Crippen LogP contribution in [0.1, 0.15) is 26.5 Å². The van der Waals surface area contributed by atoms with Crippen LogP contribution in [0, 0.1) is 5.41 Å². The number of rotatable bonds is 10. The summed E-state index contributed by atoms with van der Waals surface area (Å²) in [6, 6.07) is -1.03. The second-order valence-electron chi connectivity index (χ2n) is 8.75. The van der Waals surface area contributed by atoms with Crippen LogP contribution in [0.15, 0.2) is 21.1 Å². The maximum absolute atomic E-state index is 13.1. The molecule has 3 rings (SSSR count). The van der Waals surface area contributed by atoms with Gasteiger partial charge >= 0.3 is 17.9 Å². The Morgan fingerprint density at radius 1 is 1.32 bits per heavy atom. The minimum absolute atomic E-state index is 0.00881. The monoisotopic (exact) mass is 587 g/mol. The van der Waals surface area contributed by atoms with Crippen LogP contribution in [0.2, 0.25) is 0 Å². The lowest BCUT2D eigenvalue weighted by atomic mass is 9.98. The van der Waals surface area contributed by atoms with Crippen molar-refractivity contribution in [2.75, 3.05) is 31.1 Å². The maximum Gasteiger partial charge on any atom is 0.358 e. The van der Waals surface area contributed by atoms with Crippen LogP contribution in [0.3, 0.4) is 0 Å². The fourth-order valence-corrected chi connectivity index (χ4v) is 5.91. The van der Waals surface area contributed by atoms with E-state index in [1.165, 1.54) is 33.8 Å². The van der Waals surface area contributed by atoms with E-state index in [9.17, 15) is 24.0 Å². The molecule has 4 N–H and O–H groups in total. The number of aliphatic carboxylic acids is 1. The molecule has 1 aromatic heterocycles.